The Morgan fingerprint density at radius 1 is 0.931 bits per heavy atom. The number of piperidine rings is 1. The van der Waals surface area contributed by atoms with Gasteiger partial charge in [0, 0.05) is 51.4 Å². The van der Waals surface area contributed by atoms with Crippen LogP contribution in [-0.2, 0) is 0 Å². The summed E-state index contributed by atoms with van der Waals surface area (Å²) in [6.07, 6.45) is 13.4. The van der Waals surface area contributed by atoms with Crippen molar-refractivity contribution in [3.8, 4) is 5.75 Å². The fourth-order valence-corrected chi connectivity index (χ4v) is 4.14. The minimum atomic E-state index is 0.0662. The van der Waals surface area contributed by atoms with Crippen LogP contribution >= 0.6 is 0 Å². The summed E-state index contributed by atoms with van der Waals surface area (Å²) >= 11 is 0. The third-order valence-corrected chi connectivity index (χ3v) is 5.84. The summed E-state index contributed by atoms with van der Waals surface area (Å²) in [5, 5.41) is 0. The molecular weight excluding hydrogens is 364 g/mol. The standard InChI is InChI=1S/C23H30N4O2/c28-23(27-15-10-20(11-16-27)29-21-7-6-12-24-18-21)19-8-9-22(25-17-19)26-13-4-2-1-3-5-14-26/h6-9,12,17-18,20H,1-5,10-11,13-16H2. The lowest BCUT2D eigenvalue weighted by molar-refractivity contribution is 0.0594. The van der Waals surface area contributed by atoms with Crippen LogP contribution in [0.3, 0.4) is 0 Å². The van der Waals surface area contributed by atoms with Crippen molar-refractivity contribution in [3.05, 3.63) is 48.4 Å². The van der Waals surface area contributed by atoms with Crippen LogP contribution in [-0.4, -0.2) is 53.1 Å². The van der Waals surface area contributed by atoms with Gasteiger partial charge in [0.1, 0.15) is 17.7 Å². The Balaban J connectivity index is 1.30. The number of hydrogen-bond acceptors (Lipinski definition) is 5. The van der Waals surface area contributed by atoms with Crippen LogP contribution in [0.25, 0.3) is 0 Å². The van der Waals surface area contributed by atoms with E-state index in [-0.39, 0.29) is 12.0 Å². The Morgan fingerprint density at radius 3 is 2.34 bits per heavy atom. The van der Waals surface area contributed by atoms with Crippen molar-refractivity contribution >= 4 is 11.7 Å². The monoisotopic (exact) mass is 394 g/mol. The summed E-state index contributed by atoms with van der Waals surface area (Å²) in [6.45, 7) is 3.53. The van der Waals surface area contributed by atoms with Crippen LogP contribution in [0.2, 0.25) is 0 Å². The van der Waals surface area contributed by atoms with Crippen molar-refractivity contribution in [2.24, 2.45) is 0 Å². The van der Waals surface area contributed by atoms with Gasteiger partial charge in [0.25, 0.3) is 5.91 Å². The zero-order chi connectivity index (χ0) is 19.9. The quantitative estimate of drug-likeness (QED) is 0.786. The summed E-state index contributed by atoms with van der Waals surface area (Å²) in [7, 11) is 0. The van der Waals surface area contributed by atoms with Crippen LogP contribution in [0.15, 0.2) is 42.9 Å². The van der Waals surface area contributed by atoms with E-state index < -0.39 is 0 Å². The lowest BCUT2D eigenvalue weighted by atomic mass is 10.1. The molecule has 0 aromatic carbocycles. The zero-order valence-corrected chi connectivity index (χ0v) is 17.0. The number of carbonyl (C=O) groups is 1. The van der Waals surface area contributed by atoms with E-state index in [2.05, 4.69) is 14.9 Å². The number of anilines is 1. The number of carbonyl (C=O) groups excluding carboxylic acids is 1. The molecule has 2 saturated heterocycles. The molecule has 4 heterocycles. The van der Waals surface area contributed by atoms with Crippen molar-refractivity contribution in [2.45, 2.75) is 51.0 Å². The smallest absolute Gasteiger partial charge is 0.255 e. The summed E-state index contributed by atoms with van der Waals surface area (Å²) < 4.78 is 5.97. The summed E-state index contributed by atoms with van der Waals surface area (Å²) in [4.78, 5) is 25.8. The van der Waals surface area contributed by atoms with E-state index in [1.807, 2.05) is 29.2 Å². The highest BCUT2D eigenvalue weighted by atomic mass is 16.5. The molecule has 154 valence electrons. The van der Waals surface area contributed by atoms with Crippen molar-refractivity contribution < 1.29 is 9.53 Å². The number of rotatable bonds is 4. The molecule has 0 atom stereocenters. The lowest BCUT2D eigenvalue weighted by Crippen LogP contribution is -2.41. The normalized spacial score (nSPS) is 18.8. The van der Waals surface area contributed by atoms with Crippen LogP contribution in [0.5, 0.6) is 5.75 Å². The minimum absolute atomic E-state index is 0.0662. The van der Waals surface area contributed by atoms with Crippen molar-refractivity contribution in [3.63, 3.8) is 0 Å². The van der Waals surface area contributed by atoms with Crippen LogP contribution in [0, 0.1) is 0 Å². The summed E-state index contributed by atoms with van der Waals surface area (Å²) in [5.41, 5.74) is 0.674. The molecule has 0 radical (unpaired) electrons. The first kappa shape index (κ1) is 19.7. The van der Waals surface area contributed by atoms with Gasteiger partial charge in [-0.3, -0.25) is 9.78 Å². The molecule has 4 rings (SSSR count). The first-order valence-corrected chi connectivity index (χ1v) is 10.9. The highest BCUT2D eigenvalue weighted by Crippen LogP contribution is 2.21. The number of ether oxygens (including phenoxy) is 1. The van der Waals surface area contributed by atoms with E-state index in [4.69, 9.17) is 4.74 Å². The second-order valence-electron chi connectivity index (χ2n) is 7.96. The molecule has 2 fully saturated rings. The van der Waals surface area contributed by atoms with Crippen LogP contribution < -0.4 is 9.64 Å². The zero-order valence-electron chi connectivity index (χ0n) is 17.0. The Labute approximate surface area is 172 Å². The van der Waals surface area contributed by atoms with Crippen LogP contribution in [0.1, 0.15) is 55.3 Å². The molecule has 0 bridgehead atoms. The van der Waals surface area contributed by atoms with Gasteiger partial charge in [-0.1, -0.05) is 19.3 Å². The Morgan fingerprint density at radius 2 is 1.69 bits per heavy atom. The number of aromatic nitrogens is 2. The van der Waals surface area contributed by atoms with E-state index in [9.17, 15) is 4.79 Å². The van der Waals surface area contributed by atoms with Gasteiger partial charge in [0.15, 0.2) is 0 Å². The minimum Gasteiger partial charge on any atom is -0.489 e. The van der Waals surface area contributed by atoms with Gasteiger partial charge in [-0.2, -0.15) is 0 Å². The average molecular weight is 395 g/mol. The molecule has 2 aromatic heterocycles. The highest BCUT2D eigenvalue weighted by molar-refractivity contribution is 5.94. The Kier molecular flexibility index (Phi) is 6.60. The third kappa shape index (κ3) is 5.25. The van der Waals surface area contributed by atoms with Gasteiger partial charge in [0.05, 0.1) is 11.8 Å². The summed E-state index contributed by atoms with van der Waals surface area (Å²) in [5.74, 6) is 1.85. The molecule has 2 aliphatic rings. The molecule has 2 aromatic rings. The molecule has 0 unspecified atom stereocenters. The Hall–Kier alpha value is -2.63. The number of nitrogens with zero attached hydrogens (tertiary/aromatic N) is 4. The third-order valence-electron chi connectivity index (χ3n) is 5.84. The van der Waals surface area contributed by atoms with Crippen molar-refractivity contribution in [2.75, 3.05) is 31.1 Å². The number of amides is 1. The first-order valence-electron chi connectivity index (χ1n) is 10.9. The molecule has 1 amide bonds. The van der Waals surface area contributed by atoms with Crippen LogP contribution in [0.4, 0.5) is 5.82 Å². The van der Waals surface area contributed by atoms with E-state index >= 15 is 0 Å². The van der Waals surface area contributed by atoms with Gasteiger partial charge in [-0.25, -0.2) is 4.98 Å². The van der Waals surface area contributed by atoms with E-state index in [1.165, 1.54) is 32.1 Å². The number of likely N-dealkylation sites (tertiary alicyclic amines) is 1. The predicted octanol–water partition coefficient (Wildman–Crippen LogP) is 3.93. The summed E-state index contributed by atoms with van der Waals surface area (Å²) in [6, 6.07) is 7.73. The fraction of sp³-hybridized carbons (Fsp3) is 0.522. The number of hydrogen-bond donors (Lipinski definition) is 0. The maximum atomic E-state index is 12.9. The fourth-order valence-electron chi connectivity index (χ4n) is 4.14. The van der Waals surface area contributed by atoms with E-state index in [0.717, 1.165) is 37.5 Å². The van der Waals surface area contributed by atoms with Gasteiger partial charge < -0.3 is 14.5 Å². The molecule has 6 heteroatoms. The SMILES string of the molecule is O=C(c1ccc(N2CCCCCCC2)nc1)N1CCC(Oc2cccnc2)CC1. The van der Waals surface area contributed by atoms with Crippen molar-refractivity contribution in [1.82, 2.24) is 14.9 Å². The molecule has 0 saturated carbocycles. The van der Waals surface area contributed by atoms with Gasteiger partial charge in [-0.15, -0.1) is 0 Å². The molecule has 29 heavy (non-hydrogen) atoms. The molecule has 0 aliphatic carbocycles. The largest absolute Gasteiger partial charge is 0.489 e. The lowest BCUT2D eigenvalue weighted by Gasteiger charge is -2.32. The second kappa shape index (κ2) is 9.72. The molecule has 0 spiro atoms. The van der Waals surface area contributed by atoms with Gasteiger partial charge in [0.2, 0.25) is 0 Å². The van der Waals surface area contributed by atoms with E-state index in [1.54, 1.807) is 18.6 Å². The van der Waals surface area contributed by atoms with Gasteiger partial charge in [-0.05, 0) is 37.1 Å². The molecule has 2 aliphatic heterocycles. The average Bonchev–Trinajstić information content (AvgIpc) is 2.75. The molecule has 0 N–H and O–H groups in total. The molecule has 6 nitrogen and oxygen atoms in total. The van der Waals surface area contributed by atoms with Gasteiger partial charge >= 0.3 is 0 Å². The first-order chi connectivity index (χ1) is 14.3. The molecular formula is C23H30N4O2. The van der Waals surface area contributed by atoms with E-state index in [0.29, 0.717) is 18.7 Å². The van der Waals surface area contributed by atoms with Crippen molar-refractivity contribution in [1.29, 1.82) is 0 Å². The maximum absolute atomic E-state index is 12.9. The highest BCUT2D eigenvalue weighted by Gasteiger charge is 2.25. The topological polar surface area (TPSA) is 58.6 Å². The second-order valence-corrected chi connectivity index (χ2v) is 7.96. The predicted molar refractivity (Wildman–Crippen MR) is 113 cm³/mol. The number of pyridine rings is 2. The Bertz CT molecular complexity index is 765. The maximum Gasteiger partial charge on any atom is 0.255 e.